The van der Waals surface area contributed by atoms with Crippen molar-refractivity contribution in [3.63, 3.8) is 0 Å². The molecule has 0 aliphatic heterocycles. The molecule has 3 aromatic rings. The van der Waals surface area contributed by atoms with Crippen LogP contribution in [0.3, 0.4) is 0 Å². The molecular formula is C23H25N3O4S. The van der Waals surface area contributed by atoms with Crippen LogP contribution in [0.25, 0.3) is 6.08 Å². The molecule has 3 rings (SSSR count). The summed E-state index contributed by atoms with van der Waals surface area (Å²) >= 11 is 1.81. The molecule has 1 heterocycles. The van der Waals surface area contributed by atoms with Gasteiger partial charge in [0.05, 0.1) is 20.6 Å². The van der Waals surface area contributed by atoms with Crippen molar-refractivity contribution >= 4 is 29.8 Å². The standard InChI is InChI=1S/C23H25N3O4S/c1-15(2)31-18-9-5-17(6-10-18)14-22-25-26-23(30-22)24-21(27)12-8-16-7-11-19(28-3)20(13-16)29-4/h5-13,15H,14H2,1-4H3,(H,24,26,27)/b12-8+. The van der Waals surface area contributed by atoms with Gasteiger partial charge in [-0.3, -0.25) is 10.1 Å². The van der Waals surface area contributed by atoms with Crippen LogP contribution in [0.4, 0.5) is 6.01 Å². The molecule has 7 nitrogen and oxygen atoms in total. The van der Waals surface area contributed by atoms with E-state index in [0.29, 0.717) is 29.1 Å². The number of anilines is 1. The van der Waals surface area contributed by atoms with Crippen LogP contribution < -0.4 is 14.8 Å². The first-order valence-electron chi connectivity index (χ1n) is 9.76. The summed E-state index contributed by atoms with van der Waals surface area (Å²) in [6.07, 6.45) is 3.54. The minimum Gasteiger partial charge on any atom is -0.493 e. The zero-order chi connectivity index (χ0) is 22.2. The van der Waals surface area contributed by atoms with Crippen LogP contribution in [0.2, 0.25) is 0 Å². The first kappa shape index (κ1) is 22.4. The predicted octanol–water partition coefficient (Wildman–Crippen LogP) is 4.83. The van der Waals surface area contributed by atoms with Crippen LogP contribution in [0.15, 0.2) is 57.9 Å². The van der Waals surface area contributed by atoms with Crippen LogP contribution in [0.1, 0.15) is 30.9 Å². The molecule has 8 heteroatoms. The summed E-state index contributed by atoms with van der Waals surface area (Å²) in [4.78, 5) is 13.4. The molecule has 162 valence electrons. The van der Waals surface area contributed by atoms with Gasteiger partial charge in [0, 0.05) is 16.2 Å². The molecule has 0 unspecified atom stereocenters. The molecule has 1 amide bonds. The van der Waals surface area contributed by atoms with Gasteiger partial charge in [0.1, 0.15) is 0 Å². The molecule has 0 aliphatic carbocycles. The van der Waals surface area contributed by atoms with Gasteiger partial charge in [0.25, 0.3) is 5.91 Å². The highest BCUT2D eigenvalue weighted by Crippen LogP contribution is 2.28. The first-order chi connectivity index (χ1) is 15.0. The second kappa shape index (κ2) is 10.7. The fraction of sp³-hybridized carbons (Fsp3) is 0.261. The molecule has 0 aliphatic rings. The summed E-state index contributed by atoms with van der Waals surface area (Å²) in [5.41, 5.74) is 1.85. The highest BCUT2D eigenvalue weighted by molar-refractivity contribution is 7.99. The normalized spacial score (nSPS) is 11.1. The Labute approximate surface area is 185 Å². The SMILES string of the molecule is COc1ccc(/C=C/C(=O)Nc2nnc(Cc3ccc(SC(C)C)cc3)o2)cc1OC. The maximum Gasteiger partial charge on any atom is 0.322 e. The van der Waals surface area contributed by atoms with Crippen LogP contribution in [-0.2, 0) is 11.2 Å². The number of methoxy groups -OCH3 is 2. The van der Waals surface area contributed by atoms with E-state index < -0.39 is 0 Å². The Morgan fingerprint density at radius 3 is 2.52 bits per heavy atom. The van der Waals surface area contributed by atoms with Gasteiger partial charge in [-0.1, -0.05) is 37.1 Å². The minimum absolute atomic E-state index is 0.0592. The summed E-state index contributed by atoms with van der Waals surface area (Å²) in [5, 5.41) is 11.0. The number of nitrogens with zero attached hydrogens (tertiary/aromatic N) is 2. The fourth-order valence-electron chi connectivity index (χ4n) is 2.78. The Balaban J connectivity index is 1.56. The van der Waals surface area contributed by atoms with Crippen molar-refractivity contribution < 1.29 is 18.7 Å². The number of carbonyl (C=O) groups is 1. The van der Waals surface area contributed by atoms with Gasteiger partial charge in [-0.15, -0.1) is 16.9 Å². The van der Waals surface area contributed by atoms with Crippen molar-refractivity contribution in [2.24, 2.45) is 0 Å². The Hall–Kier alpha value is -3.26. The molecule has 0 saturated carbocycles. The van der Waals surface area contributed by atoms with E-state index in [0.717, 1.165) is 11.1 Å². The number of nitrogens with one attached hydrogen (secondary N) is 1. The van der Waals surface area contributed by atoms with Gasteiger partial charge < -0.3 is 13.9 Å². The van der Waals surface area contributed by atoms with E-state index in [1.807, 2.05) is 30.0 Å². The third-order valence-corrected chi connectivity index (χ3v) is 5.20. The van der Waals surface area contributed by atoms with Crippen LogP contribution in [-0.4, -0.2) is 35.6 Å². The molecule has 1 N–H and O–H groups in total. The maximum absolute atomic E-state index is 12.2. The van der Waals surface area contributed by atoms with Crippen molar-refractivity contribution in [2.75, 3.05) is 19.5 Å². The van der Waals surface area contributed by atoms with E-state index >= 15 is 0 Å². The van der Waals surface area contributed by atoms with Crippen molar-refractivity contribution in [3.8, 4) is 11.5 Å². The van der Waals surface area contributed by atoms with Crippen LogP contribution >= 0.6 is 11.8 Å². The van der Waals surface area contributed by atoms with E-state index in [2.05, 4.69) is 41.5 Å². The molecular weight excluding hydrogens is 414 g/mol. The highest BCUT2D eigenvalue weighted by atomic mass is 32.2. The topological polar surface area (TPSA) is 86.5 Å². The number of hydrogen-bond acceptors (Lipinski definition) is 7. The minimum atomic E-state index is -0.375. The van der Waals surface area contributed by atoms with Gasteiger partial charge in [0.2, 0.25) is 5.89 Å². The molecule has 0 bridgehead atoms. The van der Waals surface area contributed by atoms with Crippen molar-refractivity contribution in [1.29, 1.82) is 0 Å². The number of carbonyl (C=O) groups excluding carboxylic acids is 1. The lowest BCUT2D eigenvalue weighted by Crippen LogP contribution is -2.07. The molecule has 31 heavy (non-hydrogen) atoms. The average molecular weight is 440 g/mol. The number of hydrogen-bond donors (Lipinski definition) is 1. The zero-order valence-corrected chi connectivity index (χ0v) is 18.7. The van der Waals surface area contributed by atoms with Crippen molar-refractivity contribution in [1.82, 2.24) is 10.2 Å². The Morgan fingerprint density at radius 2 is 1.84 bits per heavy atom. The number of aromatic nitrogens is 2. The van der Waals surface area contributed by atoms with Gasteiger partial charge in [-0.05, 0) is 41.5 Å². The first-order valence-corrected chi connectivity index (χ1v) is 10.6. The Bertz CT molecular complexity index is 1050. The molecule has 2 aromatic carbocycles. The van der Waals surface area contributed by atoms with E-state index in [1.165, 1.54) is 11.0 Å². The number of ether oxygens (including phenoxy) is 2. The largest absolute Gasteiger partial charge is 0.493 e. The van der Waals surface area contributed by atoms with E-state index in [-0.39, 0.29) is 11.9 Å². The molecule has 0 atom stereocenters. The average Bonchev–Trinajstić information content (AvgIpc) is 3.19. The third-order valence-electron chi connectivity index (χ3n) is 4.18. The quantitative estimate of drug-likeness (QED) is 0.377. The molecule has 0 spiro atoms. The Morgan fingerprint density at radius 1 is 1.10 bits per heavy atom. The van der Waals surface area contributed by atoms with E-state index in [4.69, 9.17) is 13.9 Å². The lowest BCUT2D eigenvalue weighted by atomic mass is 10.1. The number of amides is 1. The van der Waals surface area contributed by atoms with E-state index in [1.54, 1.807) is 32.4 Å². The molecule has 0 fully saturated rings. The smallest absolute Gasteiger partial charge is 0.322 e. The summed E-state index contributed by atoms with van der Waals surface area (Å²) in [6, 6.07) is 13.7. The van der Waals surface area contributed by atoms with Crippen LogP contribution in [0.5, 0.6) is 11.5 Å². The Kier molecular flexibility index (Phi) is 7.72. The maximum atomic E-state index is 12.2. The summed E-state index contributed by atoms with van der Waals surface area (Å²) < 4.78 is 16.0. The van der Waals surface area contributed by atoms with Gasteiger partial charge >= 0.3 is 6.01 Å². The second-order valence-electron chi connectivity index (χ2n) is 6.93. The molecule has 0 saturated heterocycles. The lowest BCUT2D eigenvalue weighted by Gasteiger charge is -2.07. The number of benzene rings is 2. The molecule has 0 radical (unpaired) electrons. The highest BCUT2D eigenvalue weighted by Gasteiger charge is 2.10. The third kappa shape index (κ3) is 6.62. The predicted molar refractivity (Wildman–Crippen MR) is 122 cm³/mol. The summed E-state index contributed by atoms with van der Waals surface area (Å²) in [6.45, 7) is 4.33. The van der Waals surface area contributed by atoms with E-state index in [9.17, 15) is 4.79 Å². The number of rotatable bonds is 9. The second-order valence-corrected chi connectivity index (χ2v) is 8.58. The van der Waals surface area contributed by atoms with Gasteiger partial charge in [-0.25, -0.2) is 0 Å². The van der Waals surface area contributed by atoms with Crippen molar-refractivity contribution in [2.45, 2.75) is 30.4 Å². The van der Waals surface area contributed by atoms with Crippen LogP contribution in [0, 0.1) is 0 Å². The van der Waals surface area contributed by atoms with Gasteiger partial charge in [0.15, 0.2) is 11.5 Å². The monoisotopic (exact) mass is 439 g/mol. The summed E-state index contributed by atoms with van der Waals surface area (Å²) in [5.74, 6) is 1.27. The zero-order valence-electron chi connectivity index (χ0n) is 17.9. The number of thioether (sulfide) groups is 1. The summed E-state index contributed by atoms with van der Waals surface area (Å²) in [7, 11) is 3.13. The fourth-order valence-corrected chi connectivity index (χ4v) is 3.62. The van der Waals surface area contributed by atoms with Gasteiger partial charge in [-0.2, -0.15) is 0 Å². The van der Waals surface area contributed by atoms with Crippen molar-refractivity contribution in [3.05, 3.63) is 65.6 Å². The molecule has 1 aromatic heterocycles. The lowest BCUT2D eigenvalue weighted by molar-refractivity contribution is -0.112.